The molecule has 1 unspecified atom stereocenters. The molecule has 4 nitrogen and oxygen atoms in total. The molecule has 4 heteroatoms. The van der Waals surface area contributed by atoms with Gasteiger partial charge >= 0.3 is 0 Å². The molecule has 0 aromatic carbocycles. The van der Waals surface area contributed by atoms with Gasteiger partial charge in [-0.25, -0.2) is 0 Å². The Balaban J connectivity index is 1.60. The van der Waals surface area contributed by atoms with Crippen LogP contribution in [0.2, 0.25) is 0 Å². The third-order valence-corrected chi connectivity index (χ3v) is 4.26. The van der Waals surface area contributed by atoms with Crippen molar-refractivity contribution < 1.29 is 4.74 Å². The predicted molar refractivity (Wildman–Crippen MR) is 75.0 cm³/mol. The van der Waals surface area contributed by atoms with Gasteiger partial charge < -0.3 is 15.0 Å². The highest BCUT2D eigenvalue weighted by molar-refractivity contribution is 4.78. The van der Waals surface area contributed by atoms with E-state index >= 15 is 0 Å². The highest BCUT2D eigenvalue weighted by Gasteiger charge is 2.21. The van der Waals surface area contributed by atoms with Gasteiger partial charge in [0, 0.05) is 19.1 Å². The van der Waals surface area contributed by atoms with Crippen molar-refractivity contribution in [2.45, 2.75) is 37.8 Å². The van der Waals surface area contributed by atoms with E-state index in [2.05, 4.69) is 29.2 Å². The van der Waals surface area contributed by atoms with Gasteiger partial charge in [-0.1, -0.05) is 0 Å². The summed E-state index contributed by atoms with van der Waals surface area (Å²) in [5.41, 5.74) is 0. The molecule has 2 fully saturated rings. The Morgan fingerprint density at radius 1 is 1.22 bits per heavy atom. The molecule has 0 aromatic heterocycles. The Kier molecular flexibility index (Phi) is 5.89. The van der Waals surface area contributed by atoms with Crippen LogP contribution in [0.25, 0.3) is 0 Å². The topological polar surface area (TPSA) is 27.7 Å². The Morgan fingerprint density at radius 2 is 2.00 bits per heavy atom. The Labute approximate surface area is 112 Å². The van der Waals surface area contributed by atoms with E-state index in [4.69, 9.17) is 4.74 Å². The summed E-state index contributed by atoms with van der Waals surface area (Å²) < 4.78 is 5.99. The quantitative estimate of drug-likeness (QED) is 0.786. The molecule has 18 heavy (non-hydrogen) atoms. The molecule has 106 valence electrons. The van der Waals surface area contributed by atoms with Crippen LogP contribution in [0.1, 0.15) is 25.7 Å². The number of hydrogen-bond acceptors (Lipinski definition) is 4. The van der Waals surface area contributed by atoms with Gasteiger partial charge in [0.15, 0.2) is 0 Å². The largest absolute Gasteiger partial charge is 0.377 e. The lowest BCUT2D eigenvalue weighted by molar-refractivity contribution is 0.0125. The number of ether oxygens (including phenoxy) is 1. The highest BCUT2D eigenvalue weighted by atomic mass is 16.5. The van der Waals surface area contributed by atoms with Gasteiger partial charge in [-0.05, 0) is 59.4 Å². The van der Waals surface area contributed by atoms with Gasteiger partial charge in [0.05, 0.1) is 12.7 Å². The molecule has 1 N–H and O–H groups in total. The maximum absolute atomic E-state index is 5.99. The standard InChI is InChI=1S/C14H29N3O/c1-16(2)13-4-3-9-17(12-13)10-11-18-14-5-7-15-8-6-14/h13-15H,3-12H2,1-2H3. The normalized spacial score (nSPS) is 27.8. The van der Waals surface area contributed by atoms with E-state index in [0.29, 0.717) is 6.10 Å². The first kappa shape index (κ1) is 14.3. The number of nitrogens with one attached hydrogen (secondary N) is 1. The molecule has 2 heterocycles. The first-order valence-electron chi connectivity index (χ1n) is 7.47. The molecular weight excluding hydrogens is 226 g/mol. The number of rotatable bonds is 5. The number of likely N-dealkylation sites (tertiary alicyclic amines) is 1. The fraction of sp³-hybridized carbons (Fsp3) is 1.00. The van der Waals surface area contributed by atoms with E-state index in [0.717, 1.165) is 32.3 Å². The fourth-order valence-corrected chi connectivity index (χ4v) is 2.97. The minimum Gasteiger partial charge on any atom is -0.377 e. The molecule has 2 aliphatic rings. The summed E-state index contributed by atoms with van der Waals surface area (Å²) in [6.45, 7) is 6.72. The predicted octanol–water partition coefficient (Wildman–Crippen LogP) is 0.781. The Bertz CT molecular complexity index is 229. The second-order valence-electron chi connectivity index (χ2n) is 5.88. The summed E-state index contributed by atoms with van der Waals surface area (Å²) in [5, 5.41) is 3.38. The van der Waals surface area contributed by atoms with Gasteiger partial charge in [-0.2, -0.15) is 0 Å². The van der Waals surface area contributed by atoms with Crippen molar-refractivity contribution in [1.29, 1.82) is 0 Å². The summed E-state index contributed by atoms with van der Waals surface area (Å²) in [7, 11) is 4.39. The van der Waals surface area contributed by atoms with Gasteiger partial charge in [0.25, 0.3) is 0 Å². The molecule has 2 rings (SSSR count). The molecule has 0 amide bonds. The van der Waals surface area contributed by atoms with Crippen LogP contribution in [-0.4, -0.2) is 75.4 Å². The second kappa shape index (κ2) is 7.43. The van der Waals surface area contributed by atoms with Crippen molar-refractivity contribution in [3.8, 4) is 0 Å². The van der Waals surface area contributed by atoms with E-state index in [9.17, 15) is 0 Å². The lowest BCUT2D eigenvalue weighted by atomic mass is 10.1. The Hall–Kier alpha value is -0.160. The third-order valence-electron chi connectivity index (χ3n) is 4.26. The SMILES string of the molecule is CN(C)C1CCCN(CCOC2CCNCC2)C1. The summed E-state index contributed by atoms with van der Waals surface area (Å²) in [5.74, 6) is 0. The monoisotopic (exact) mass is 255 g/mol. The fourth-order valence-electron chi connectivity index (χ4n) is 2.97. The van der Waals surface area contributed by atoms with Crippen LogP contribution in [0.15, 0.2) is 0 Å². The first-order chi connectivity index (χ1) is 8.75. The maximum Gasteiger partial charge on any atom is 0.0600 e. The van der Waals surface area contributed by atoms with Crippen LogP contribution in [0.3, 0.4) is 0 Å². The molecule has 2 saturated heterocycles. The van der Waals surface area contributed by atoms with Gasteiger partial charge in [-0.15, -0.1) is 0 Å². The molecule has 0 bridgehead atoms. The zero-order valence-corrected chi connectivity index (χ0v) is 12.0. The number of piperidine rings is 2. The minimum atomic E-state index is 0.501. The number of likely N-dealkylation sites (N-methyl/N-ethyl adjacent to an activating group) is 1. The third kappa shape index (κ3) is 4.50. The minimum absolute atomic E-state index is 0.501. The van der Waals surface area contributed by atoms with Crippen LogP contribution in [0, 0.1) is 0 Å². The van der Waals surface area contributed by atoms with Crippen LogP contribution in [-0.2, 0) is 4.74 Å². The molecule has 1 atom stereocenters. The van der Waals surface area contributed by atoms with E-state index in [-0.39, 0.29) is 0 Å². The van der Waals surface area contributed by atoms with E-state index in [1.54, 1.807) is 0 Å². The van der Waals surface area contributed by atoms with Crippen LogP contribution in [0.4, 0.5) is 0 Å². The molecular formula is C14H29N3O. The molecule has 0 aromatic rings. The lowest BCUT2D eigenvalue weighted by Crippen LogP contribution is -2.46. The van der Waals surface area contributed by atoms with Crippen molar-refractivity contribution >= 4 is 0 Å². The summed E-state index contributed by atoms with van der Waals surface area (Å²) in [4.78, 5) is 4.93. The summed E-state index contributed by atoms with van der Waals surface area (Å²) >= 11 is 0. The zero-order chi connectivity index (χ0) is 12.8. The molecule has 0 spiro atoms. The van der Waals surface area contributed by atoms with Crippen LogP contribution >= 0.6 is 0 Å². The van der Waals surface area contributed by atoms with E-state index in [1.165, 1.54) is 38.8 Å². The van der Waals surface area contributed by atoms with Crippen molar-refractivity contribution in [3.05, 3.63) is 0 Å². The maximum atomic E-state index is 5.99. The smallest absolute Gasteiger partial charge is 0.0600 e. The second-order valence-corrected chi connectivity index (χ2v) is 5.88. The molecule has 0 saturated carbocycles. The van der Waals surface area contributed by atoms with Crippen molar-refractivity contribution in [1.82, 2.24) is 15.1 Å². The Morgan fingerprint density at radius 3 is 2.72 bits per heavy atom. The summed E-state index contributed by atoms with van der Waals surface area (Å²) in [6, 6.07) is 0.734. The van der Waals surface area contributed by atoms with Crippen LogP contribution < -0.4 is 5.32 Å². The van der Waals surface area contributed by atoms with Crippen molar-refractivity contribution in [3.63, 3.8) is 0 Å². The summed E-state index contributed by atoms with van der Waals surface area (Å²) in [6.07, 6.45) is 5.54. The van der Waals surface area contributed by atoms with Gasteiger partial charge in [0.1, 0.15) is 0 Å². The zero-order valence-electron chi connectivity index (χ0n) is 12.0. The average Bonchev–Trinajstić information content (AvgIpc) is 2.40. The van der Waals surface area contributed by atoms with Crippen molar-refractivity contribution in [2.75, 3.05) is 53.4 Å². The van der Waals surface area contributed by atoms with Crippen LogP contribution in [0.5, 0.6) is 0 Å². The average molecular weight is 255 g/mol. The lowest BCUT2D eigenvalue weighted by Gasteiger charge is -2.36. The molecule has 0 aliphatic carbocycles. The number of hydrogen-bond donors (Lipinski definition) is 1. The van der Waals surface area contributed by atoms with Crippen molar-refractivity contribution in [2.24, 2.45) is 0 Å². The van der Waals surface area contributed by atoms with E-state index < -0.39 is 0 Å². The van der Waals surface area contributed by atoms with Gasteiger partial charge in [-0.3, -0.25) is 4.90 Å². The first-order valence-corrected chi connectivity index (χ1v) is 7.47. The molecule has 2 aliphatic heterocycles. The van der Waals surface area contributed by atoms with Gasteiger partial charge in [0.2, 0.25) is 0 Å². The van der Waals surface area contributed by atoms with E-state index in [1.807, 2.05) is 0 Å². The number of nitrogens with zero attached hydrogens (tertiary/aromatic N) is 2. The molecule has 0 radical (unpaired) electrons. The highest BCUT2D eigenvalue weighted by Crippen LogP contribution is 2.14.